The lowest BCUT2D eigenvalue weighted by atomic mass is 9.83. The van der Waals surface area contributed by atoms with Gasteiger partial charge in [-0.15, -0.1) is 0 Å². The van der Waals surface area contributed by atoms with E-state index in [-0.39, 0.29) is 5.92 Å². The maximum Gasteiger partial charge on any atom is 0.145 e. The fraction of sp³-hybridized carbons (Fsp3) is 0.750. The van der Waals surface area contributed by atoms with Crippen LogP contribution in [-0.2, 0) is 0 Å². The third-order valence-electron chi connectivity index (χ3n) is 4.40. The molecule has 0 bridgehead atoms. The number of anilines is 2. The summed E-state index contributed by atoms with van der Waals surface area (Å²) in [6.07, 6.45) is 7.89. The summed E-state index contributed by atoms with van der Waals surface area (Å²) < 4.78 is 0. The molecule has 5 nitrogen and oxygen atoms in total. The van der Waals surface area contributed by atoms with E-state index in [2.05, 4.69) is 41.5 Å². The monoisotopic (exact) mass is 291 g/mol. The molecule has 1 saturated carbocycles. The lowest BCUT2D eigenvalue weighted by molar-refractivity contribution is 0.312. The fourth-order valence-corrected chi connectivity index (χ4v) is 3.15. The molecule has 1 aromatic heterocycles. The molecule has 0 saturated heterocycles. The SMILES string of the molecule is CCC(Nc1cc(NN)nc(C(C)C)n1)C1CCCCC1. The molecule has 1 fully saturated rings. The molecule has 1 aromatic rings. The third-order valence-corrected chi connectivity index (χ3v) is 4.40. The number of hydrogen-bond donors (Lipinski definition) is 3. The quantitative estimate of drug-likeness (QED) is 0.551. The van der Waals surface area contributed by atoms with Crippen molar-refractivity contribution in [3.05, 3.63) is 11.9 Å². The molecule has 4 N–H and O–H groups in total. The number of nitrogens with two attached hydrogens (primary N) is 1. The predicted molar refractivity (Wildman–Crippen MR) is 88.2 cm³/mol. The van der Waals surface area contributed by atoms with E-state index in [0.717, 1.165) is 24.0 Å². The Labute approximate surface area is 128 Å². The van der Waals surface area contributed by atoms with Crippen LogP contribution in [0.5, 0.6) is 0 Å². The van der Waals surface area contributed by atoms with Crippen molar-refractivity contribution in [3.8, 4) is 0 Å². The van der Waals surface area contributed by atoms with Gasteiger partial charge in [0.05, 0.1) is 0 Å². The number of rotatable bonds is 6. The molecule has 118 valence electrons. The van der Waals surface area contributed by atoms with Gasteiger partial charge in [-0.3, -0.25) is 0 Å². The minimum Gasteiger partial charge on any atom is -0.367 e. The van der Waals surface area contributed by atoms with Crippen LogP contribution in [0.1, 0.15) is 71.0 Å². The highest BCUT2D eigenvalue weighted by Gasteiger charge is 2.23. The topological polar surface area (TPSA) is 75.9 Å². The van der Waals surface area contributed by atoms with Crippen LogP contribution in [0.25, 0.3) is 0 Å². The second-order valence-corrected chi connectivity index (χ2v) is 6.35. The average Bonchev–Trinajstić information content (AvgIpc) is 2.53. The van der Waals surface area contributed by atoms with E-state index < -0.39 is 0 Å². The van der Waals surface area contributed by atoms with E-state index in [0.29, 0.717) is 11.9 Å². The smallest absolute Gasteiger partial charge is 0.145 e. The minimum atomic E-state index is 0.286. The van der Waals surface area contributed by atoms with E-state index in [1.54, 1.807) is 0 Å². The number of hydrogen-bond acceptors (Lipinski definition) is 5. The molecule has 1 atom stereocenters. The van der Waals surface area contributed by atoms with Crippen molar-refractivity contribution in [2.45, 2.75) is 71.3 Å². The van der Waals surface area contributed by atoms with Gasteiger partial charge in [-0.25, -0.2) is 15.8 Å². The highest BCUT2D eigenvalue weighted by atomic mass is 15.3. The van der Waals surface area contributed by atoms with E-state index in [4.69, 9.17) is 5.84 Å². The lowest BCUT2D eigenvalue weighted by Gasteiger charge is -2.30. The van der Waals surface area contributed by atoms with Crippen molar-refractivity contribution in [2.75, 3.05) is 10.7 Å². The van der Waals surface area contributed by atoms with Crippen LogP contribution in [0.4, 0.5) is 11.6 Å². The minimum absolute atomic E-state index is 0.286. The fourth-order valence-electron chi connectivity index (χ4n) is 3.15. The van der Waals surface area contributed by atoms with Crippen LogP contribution in [-0.4, -0.2) is 16.0 Å². The number of nitrogens with one attached hydrogen (secondary N) is 2. The van der Waals surface area contributed by atoms with Gasteiger partial charge in [0, 0.05) is 18.0 Å². The number of hydrazine groups is 1. The van der Waals surface area contributed by atoms with Crippen molar-refractivity contribution < 1.29 is 0 Å². The van der Waals surface area contributed by atoms with Gasteiger partial charge in [0.25, 0.3) is 0 Å². The molecule has 0 spiro atoms. The van der Waals surface area contributed by atoms with Gasteiger partial charge in [0.15, 0.2) is 0 Å². The Morgan fingerprint density at radius 3 is 2.43 bits per heavy atom. The van der Waals surface area contributed by atoms with Crippen LogP contribution in [0, 0.1) is 5.92 Å². The largest absolute Gasteiger partial charge is 0.367 e. The summed E-state index contributed by atoms with van der Waals surface area (Å²) in [5.74, 6) is 8.96. The van der Waals surface area contributed by atoms with E-state index >= 15 is 0 Å². The summed E-state index contributed by atoms with van der Waals surface area (Å²) in [5.41, 5.74) is 2.64. The van der Waals surface area contributed by atoms with Gasteiger partial charge in [-0.05, 0) is 25.2 Å². The summed E-state index contributed by atoms with van der Waals surface area (Å²) in [5, 5.41) is 3.62. The highest BCUT2D eigenvalue weighted by Crippen LogP contribution is 2.29. The molecule has 5 heteroatoms. The summed E-state index contributed by atoms with van der Waals surface area (Å²) >= 11 is 0. The highest BCUT2D eigenvalue weighted by molar-refractivity contribution is 5.47. The molecule has 1 heterocycles. The van der Waals surface area contributed by atoms with Crippen LogP contribution in [0.3, 0.4) is 0 Å². The van der Waals surface area contributed by atoms with Crippen molar-refractivity contribution >= 4 is 11.6 Å². The zero-order valence-electron chi connectivity index (χ0n) is 13.5. The first kappa shape index (κ1) is 16.0. The molecule has 1 aliphatic rings. The second-order valence-electron chi connectivity index (χ2n) is 6.35. The van der Waals surface area contributed by atoms with Gasteiger partial charge in [0.1, 0.15) is 17.5 Å². The van der Waals surface area contributed by atoms with Gasteiger partial charge in [-0.1, -0.05) is 40.0 Å². The Morgan fingerprint density at radius 1 is 1.19 bits per heavy atom. The first-order valence-corrected chi connectivity index (χ1v) is 8.26. The zero-order valence-corrected chi connectivity index (χ0v) is 13.5. The average molecular weight is 291 g/mol. The number of aromatic nitrogens is 2. The first-order chi connectivity index (χ1) is 10.1. The van der Waals surface area contributed by atoms with Crippen molar-refractivity contribution in [1.29, 1.82) is 0 Å². The summed E-state index contributed by atoms with van der Waals surface area (Å²) in [7, 11) is 0. The third kappa shape index (κ3) is 4.30. The summed E-state index contributed by atoms with van der Waals surface area (Å²) in [6, 6.07) is 2.39. The van der Waals surface area contributed by atoms with Gasteiger partial charge in [0.2, 0.25) is 0 Å². The number of nitrogen functional groups attached to an aromatic ring is 1. The molecule has 2 rings (SSSR count). The lowest BCUT2D eigenvalue weighted by Crippen LogP contribution is -2.30. The van der Waals surface area contributed by atoms with Crippen LogP contribution >= 0.6 is 0 Å². The van der Waals surface area contributed by atoms with Crippen molar-refractivity contribution in [3.63, 3.8) is 0 Å². The Hall–Kier alpha value is -1.36. The molecule has 0 radical (unpaired) electrons. The van der Waals surface area contributed by atoms with Crippen molar-refractivity contribution in [2.24, 2.45) is 11.8 Å². The van der Waals surface area contributed by atoms with Crippen LogP contribution in [0.15, 0.2) is 6.07 Å². The van der Waals surface area contributed by atoms with E-state index in [1.807, 2.05) is 6.07 Å². The maximum absolute atomic E-state index is 5.53. The summed E-state index contributed by atoms with van der Waals surface area (Å²) in [4.78, 5) is 9.06. The zero-order chi connectivity index (χ0) is 15.2. The number of nitrogens with zero attached hydrogens (tertiary/aromatic N) is 2. The van der Waals surface area contributed by atoms with Crippen LogP contribution in [0.2, 0.25) is 0 Å². The van der Waals surface area contributed by atoms with Crippen molar-refractivity contribution in [1.82, 2.24) is 9.97 Å². The van der Waals surface area contributed by atoms with Crippen LogP contribution < -0.4 is 16.6 Å². The molecular weight excluding hydrogens is 262 g/mol. The Balaban J connectivity index is 2.13. The molecular formula is C16H29N5. The van der Waals surface area contributed by atoms with Gasteiger partial charge >= 0.3 is 0 Å². The van der Waals surface area contributed by atoms with Gasteiger partial charge in [-0.2, -0.15) is 0 Å². The Morgan fingerprint density at radius 2 is 1.86 bits per heavy atom. The maximum atomic E-state index is 5.53. The second kappa shape index (κ2) is 7.59. The first-order valence-electron chi connectivity index (χ1n) is 8.26. The molecule has 0 aromatic carbocycles. The van der Waals surface area contributed by atoms with Gasteiger partial charge < -0.3 is 10.7 Å². The molecule has 1 unspecified atom stereocenters. The molecule has 1 aliphatic carbocycles. The Kier molecular flexibility index (Phi) is 5.79. The molecule has 0 amide bonds. The standard InChI is InChI=1S/C16H29N5/c1-4-13(12-8-6-5-7-9-12)18-14-10-15(21-17)20-16(19-14)11(2)3/h10-13H,4-9,17H2,1-3H3,(H2,18,19,20,21). The van der Waals surface area contributed by atoms with E-state index in [1.165, 1.54) is 32.1 Å². The predicted octanol–water partition coefficient (Wildman–Crippen LogP) is 3.66. The Bertz CT molecular complexity index is 440. The molecule has 0 aliphatic heterocycles. The van der Waals surface area contributed by atoms with E-state index in [9.17, 15) is 0 Å². The molecule has 21 heavy (non-hydrogen) atoms. The normalized spacial score (nSPS) is 17.8. The summed E-state index contributed by atoms with van der Waals surface area (Å²) in [6.45, 7) is 6.44.